The Labute approximate surface area is 88.1 Å². The standard InChI is InChI=1S/C10H15NO4/c1-2-14-9(12)7-4-3-6-5-8(7)11-10(13)15-6/h6-8H,2-5H2,1H3,(H,11,13)/t6-,7?,8+/m0/s1. The summed E-state index contributed by atoms with van der Waals surface area (Å²) in [7, 11) is 0. The third kappa shape index (κ3) is 2.06. The summed E-state index contributed by atoms with van der Waals surface area (Å²) in [6.45, 7) is 2.17. The van der Waals surface area contributed by atoms with Crippen LogP contribution in [0.25, 0.3) is 0 Å². The van der Waals surface area contributed by atoms with Crippen molar-refractivity contribution in [3.05, 3.63) is 0 Å². The van der Waals surface area contributed by atoms with Gasteiger partial charge in [-0.05, 0) is 19.8 Å². The van der Waals surface area contributed by atoms with Crippen molar-refractivity contribution in [3.63, 3.8) is 0 Å². The van der Waals surface area contributed by atoms with Gasteiger partial charge in [0.25, 0.3) is 0 Å². The Balaban J connectivity index is 2.01. The molecule has 3 atom stereocenters. The van der Waals surface area contributed by atoms with E-state index >= 15 is 0 Å². The molecule has 5 heteroatoms. The molecule has 2 rings (SSSR count). The molecule has 15 heavy (non-hydrogen) atoms. The molecule has 2 fully saturated rings. The summed E-state index contributed by atoms with van der Waals surface area (Å²) in [6.07, 6.45) is 1.77. The van der Waals surface area contributed by atoms with Gasteiger partial charge in [0, 0.05) is 12.5 Å². The number of carbonyl (C=O) groups excluding carboxylic acids is 2. The second-order valence-electron chi connectivity index (χ2n) is 3.95. The van der Waals surface area contributed by atoms with Crippen LogP contribution in [0.5, 0.6) is 0 Å². The number of rotatable bonds is 2. The van der Waals surface area contributed by atoms with Crippen molar-refractivity contribution < 1.29 is 19.1 Å². The maximum Gasteiger partial charge on any atom is 0.407 e. The molecular weight excluding hydrogens is 198 g/mol. The van der Waals surface area contributed by atoms with Crippen molar-refractivity contribution in [2.45, 2.75) is 38.3 Å². The molecule has 5 nitrogen and oxygen atoms in total. The molecule has 1 saturated heterocycles. The highest BCUT2D eigenvalue weighted by Crippen LogP contribution is 2.30. The van der Waals surface area contributed by atoms with Crippen LogP contribution in [0.1, 0.15) is 26.2 Å². The Hall–Kier alpha value is -1.26. The summed E-state index contributed by atoms with van der Waals surface area (Å²) in [4.78, 5) is 22.7. The number of alkyl carbamates (subject to hydrolysis) is 1. The van der Waals surface area contributed by atoms with Crippen LogP contribution in [0.4, 0.5) is 4.79 Å². The maximum atomic E-state index is 11.6. The van der Waals surface area contributed by atoms with Gasteiger partial charge in [0.2, 0.25) is 0 Å². The Kier molecular flexibility index (Phi) is 2.79. The molecule has 0 spiro atoms. The fourth-order valence-corrected chi connectivity index (χ4v) is 2.27. The van der Waals surface area contributed by atoms with E-state index < -0.39 is 6.09 Å². The highest BCUT2D eigenvalue weighted by atomic mass is 16.6. The Bertz CT molecular complexity index is 279. The molecule has 1 amide bonds. The van der Waals surface area contributed by atoms with E-state index in [0.717, 1.165) is 19.3 Å². The lowest BCUT2D eigenvalue weighted by molar-refractivity contribution is -0.151. The van der Waals surface area contributed by atoms with Crippen LogP contribution in [-0.2, 0) is 14.3 Å². The largest absolute Gasteiger partial charge is 0.466 e. The van der Waals surface area contributed by atoms with Gasteiger partial charge in [-0.15, -0.1) is 0 Å². The highest BCUT2D eigenvalue weighted by Gasteiger charge is 2.41. The summed E-state index contributed by atoms with van der Waals surface area (Å²) in [5, 5.41) is 2.68. The summed E-state index contributed by atoms with van der Waals surface area (Å²) >= 11 is 0. The van der Waals surface area contributed by atoms with E-state index in [-0.39, 0.29) is 24.0 Å². The van der Waals surface area contributed by atoms with Crippen LogP contribution in [0, 0.1) is 5.92 Å². The van der Waals surface area contributed by atoms with Crippen molar-refractivity contribution >= 4 is 12.1 Å². The number of ether oxygens (including phenoxy) is 2. The average Bonchev–Trinajstić information content (AvgIpc) is 2.17. The normalized spacial score (nSPS) is 33.9. The summed E-state index contributed by atoms with van der Waals surface area (Å²) in [6, 6.07) is -0.107. The van der Waals surface area contributed by atoms with E-state index in [2.05, 4.69) is 5.32 Å². The number of amides is 1. The minimum atomic E-state index is -0.412. The van der Waals surface area contributed by atoms with E-state index in [4.69, 9.17) is 9.47 Å². The van der Waals surface area contributed by atoms with Gasteiger partial charge in [0.05, 0.1) is 12.5 Å². The average molecular weight is 213 g/mol. The molecule has 1 saturated carbocycles. The van der Waals surface area contributed by atoms with Crippen molar-refractivity contribution in [2.24, 2.45) is 5.92 Å². The lowest BCUT2D eigenvalue weighted by Crippen LogP contribution is -2.54. The van der Waals surface area contributed by atoms with E-state index in [1.807, 2.05) is 0 Å². The van der Waals surface area contributed by atoms with E-state index in [9.17, 15) is 9.59 Å². The van der Waals surface area contributed by atoms with Gasteiger partial charge in [-0.3, -0.25) is 4.79 Å². The molecule has 0 radical (unpaired) electrons. The van der Waals surface area contributed by atoms with E-state index in [0.29, 0.717) is 6.61 Å². The third-order valence-electron chi connectivity index (χ3n) is 2.97. The highest BCUT2D eigenvalue weighted by molar-refractivity contribution is 5.76. The van der Waals surface area contributed by atoms with Gasteiger partial charge in [0.1, 0.15) is 6.10 Å². The van der Waals surface area contributed by atoms with Crippen LogP contribution in [0.15, 0.2) is 0 Å². The zero-order valence-electron chi connectivity index (χ0n) is 8.69. The number of fused-ring (bicyclic) bond motifs is 2. The quantitative estimate of drug-likeness (QED) is 0.690. The molecule has 1 unspecified atom stereocenters. The van der Waals surface area contributed by atoms with Crippen LogP contribution >= 0.6 is 0 Å². The molecule has 0 aromatic heterocycles. The Morgan fingerprint density at radius 3 is 3.13 bits per heavy atom. The van der Waals surface area contributed by atoms with E-state index in [1.165, 1.54) is 0 Å². The molecule has 1 N–H and O–H groups in total. The van der Waals surface area contributed by atoms with Gasteiger partial charge < -0.3 is 14.8 Å². The maximum absolute atomic E-state index is 11.6. The predicted molar refractivity (Wildman–Crippen MR) is 51.2 cm³/mol. The molecule has 2 aliphatic rings. The van der Waals surface area contributed by atoms with Crippen LogP contribution in [0.3, 0.4) is 0 Å². The second-order valence-corrected chi connectivity index (χ2v) is 3.95. The summed E-state index contributed by atoms with van der Waals surface area (Å²) in [5.41, 5.74) is 0. The molecule has 84 valence electrons. The fourth-order valence-electron chi connectivity index (χ4n) is 2.27. The first-order valence-electron chi connectivity index (χ1n) is 5.34. The first-order chi connectivity index (χ1) is 7.20. The SMILES string of the molecule is CCOC(=O)C1CC[C@H]2C[C@H]1NC(=O)O2. The summed E-state index contributed by atoms with van der Waals surface area (Å²) < 4.78 is 10.0. The van der Waals surface area contributed by atoms with Gasteiger partial charge in [-0.2, -0.15) is 0 Å². The molecule has 1 aliphatic carbocycles. The second kappa shape index (κ2) is 4.08. The number of nitrogens with one attached hydrogen (secondary N) is 1. The monoisotopic (exact) mass is 213 g/mol. The van der Waals surface area contributed by atoms with Gasteiger partial charge >= 0.3 is 12.1 Å². The summed E-state index contributed by atoms with van der Waals surface area (Å²) in [5.74, 6) is -0.405. The lowest BCUT2D eigenvalue weighted by Gasteiger charge is -2.38. The first kappa shape index (κ1) is 10.3. The van der Waals surface area contributed by atoms with Gasteiger partial charge in [0.15, 0.2) is 0 Å². The Morgan fingerprint density at radius 2 is 2.40 bits per heavy atom. The molecule has 0 aromatic rings. The van der Waals surface area contributed by atoms with E-state index in [1.54, 1.807) is 6.92 Å². The molecule has 1 aliphatic heterocycles. The van der Waals surface area contributed by atoms with Crippen molar-refractivity contribution in [1.82, 2.24) is 5.32 Å². The number of hydrogen-bond acceptors (Lipinski definition) is 4. The minimum absolute atomic E-state index is 0.0190. The van der Waals surface area contributed by atoms with Crippen LogP contribution in [0.2, 0.25) is 0 Å². The van der Waals surface area contributed by atoms with Crippen LogP contribution < -0.4 is 5.32 Å². The topological polar surface area (TPSA) is 64.6 Å². The first-order valence-corrected chi connectivity index (χ1v) is 5.34. The number of esters is 1. The van der Waals surface area contributed by atoms with Crippen molar-refractivity contribution in [1.29, 1.82) is 0 Å². The minimum Gasteiger partial charge on any atom is -0.466 e. The number of hydrogen-bond donors (Lipinski definition) is 1. The zero-order valence-corrected chi connectivity index (χ0v) is 8.69. The fraction of sp³-hybridized carbons (Fsp3) is 0.800. The lowest BCUT2D eigenvalue weighted by atomic mass is 9.82. The van der Waals surface area contributed by atoms with Gasteiger partial charge in [-0.1, -0.05) is 0 Å². The molecule has 0 aromatic carbocycles. The van der Waals surface area contributed by atoms with Crippen LogP contribution in [-0.4, -0.2) is 30.8 Å². The van der Waals surface area contributed by atoms with Crippen molar-refractivity contribution in [3.8, 4) is 0 Å². The molecular formula is C10H15NO4. The number of carbonyl (C=O) groups is 2. The zero-order chi connectivity index (χ0) is 10.8. The Morgan fingerprint density at radius 1 is 1.60 bits per heavy atom. The van der Waals surface area contributed by atoms with Crippen molar-refractivity contribution in [2.75, 3.05) is 6.61 Å². The van der Waals surface area contributed by atoms with Gasteiger partial charge in [-0.25, -0.2) is 4.79 Å². The smallest absolute Gasteiger partial charge is 0.407 e. The third-order valence-corrected chi connectivity index (χ3v) is 2.97. The predicted octanol–water partition coefficient (Wildman–Crippen LogP) is 0.827. The molecule has 1 heterocycles. The molecule has 2 bridgehead atoms.